The molecular formula is C16H12N2OS. The maximum absolute atomic E-state index is 8.91. The first-order chi connectivity index (χ1) is 9.83. The van der Waals surface area contributed by atoms with Crippen LogP contribution >= 0.6 is 11.8 Å². The molecule has 0 spiro atoms. The van der Waals surface area contributed by atoms with Crippen molar-refractivity contribution in [2.45, 2.75) is 4.90 Å². The Kier molecular flexibility index (Phi) is 3.36. The van der Waals surface area contributed by atoms with Gasteiger partial charge in [0, 0.05) is 22.2 Å². The Bertz CT molecular complexity index is 784. The van der Waals surface area contributed by atoms with Crippen LogP contribution in [0.15, 0.2) is 59.6 Å². The minimum Gasteiger partial charge on any atom is -0.497 e. The van der Waals surface area contributed by atoms with Crippen molar-refractivity contribution in [2.75, 3.05) is 7.11 Å². The summed E-state index contributed by atoms with van der Waals surface area (Å²) in [5.74, 6) is 0.830. The van der Waals surface area contributed by atoms with Crippen LogP contribution in [0.5, 0.6) is 5.75 Å². The average Bonchev–Trinajstić information content (AvgIpc) is 2.87. The first kappa shape index (κ1) is 12.6. The highest BCUT2D eigenvalue weighted by Crippen LogP contribution is 2.31. The highest BCUT2D eigenvalue weighted by molar-refractivity contribution is 8.04. The molecule has 98 valence electrons. The van der Waals surface area contributed by atoms with E-state index < -0.39 is 0 Å². The highest BCUT2D eigenvalue weighted by atomic mass is 32.2. The van der Waals surface area contributed by atoms with Gasteiger partial charge in [-0.15, -0.1) is 0 Å². The summed E-state index contributed by atoms with van der Waals surface area (Å²) in [6.07, 6.45) is 2.00. The lowest BCUT2D eigenvalue weighted by Crippen LogP contribution is -1.91. The Labute approximate surface area is 121 Å². The van der Waals surface area contributed by atoms with Crippen LogP contribution in [0.1, 0.15) is 0 Å². The van der Waals surface area contributed by atoms with Crippen molar-refractivity contribution in [3.63, 3.8) is 0 Å². The summed E-state index contributed by atoms with van der Waals surface area (Å²) in [4.78, 5) is 0.971. The fourth-order valence-electron chi connectivity index (χ4n) is 2.24. The zero-order valence-electron chi connectivity index (χ0n) is 10.9. The highest BCUT2D eigenvalue weighted by Gasteiger charge is 2.09. The molecule has 0 amide bonds. The summed E-state index contributed by atoms with van der Waals surface area (Å²) >= 11 is 1.19. The third-order valence-corrected chi connectivity index (χ3v) is 3.82. The second kappa shape index (κ2) is 5.32. The standard InChI is InChI=1S/C16H12N2OS/c1-19-13-8-6-12(7-9-13)18-10-16(20-11-17)14-4-2-3-5-15(14)18/h2-10H,1H3. The van der Waals surface area contributed by atoms with Gasteiger partial charge in [-0.25, -0.2) is 0 Å². The zero-order valence-corrected chi connectivity index (χ0v) is 11.7. The van der Waals surface area contributed by atoms with Gasteiger partial charge in [0.25, 0.3) is 0 Å². The van der Waals surface area contributed by atoms with Gasteiger partial charge in [-0.05, 0) is 42.1 Å². The molecule has 0 atom stereocenters. The number of rotatable bonds is 3. The third-order valence-electron chi connectivity index (χ3n) is 3.18. The van der Waals surface area contributed by atoms with Gasteiger partial charge >= 0.3 is 0 Å². The van der Waals surface area contributed by atoms with E-state index in [1.165, 1.54) is 11.8 Å². The largest absolute Gasteiger partial charge is 0.497 e. The van der Waals surface area contributed by atoms with E-state index in [1.807, 2.05) is 48.7 Å². The summed E-state index contributed by atoms with van der Waals surface area (Å²) in [7, 11) is 1.65. The van der Waals surface area contributed by atoms with Crippen molar-refractivity contribution in [1.82, 2.24) is 4.57 Å². The number of nitriles is 1. The van der Waals surface area contributed by atoms with Crippen molar-refractivity contribution in [2.24, 2.45) is 0 Å². The summed E-state index contributed by atoms with van der Waals surface area (Å²) in [6, 6.07) is 16.0. The second-order valence-corrected chi connectivity index (χ2v) is 5.10. The van der Waals surface area contributed by atoms with Gasteiger partial charge < -0.3 is 9.30 Å². The van der Waals surface area contributed by atoms with Crippen LogP contribution in [-0.4, -0.2) is 11.7 Å². The number of nitrogens with zero attached hydrogens (tertiary/aromatic N) is 2. The summed E-state index contributed by atoms with van der Waals surface area (Å²) in [5, 5.41) is 12.1. The predicted molar refractivity (Wildman–Crippen MR) is 81.3 cm³/mol. The fraction of sp³-hybridized carbons (Fsp3) is 0.0625. The monoisotopic (exact) mass is 280 g/mol. The quantitative estimate of drug-likeness (QED) is 0.532. The topological polar surface area (TPSA) is 38.0 Å². The van der Waals surface area contributed by atoms with E-state index in [1.54, 1.807) is 7.11 Å². The Balaban J connectivity index is 2.17. The van der Waals surface area contributed by atoms with Crippen LogP contribution in [0, 0.1) is 10.7 Å². The molecule has 3 nitrogen and oxygen atoms in total. The third kappa shape index (κ3) is 2.13. The van der Waals surface area contributed by atoms with Gasteiger partial charge in [-0.2, -0.15) is 5.26 Å². The molecule has 3 rings (SSSR count). The number of para-hydroxylation sites is 1. The molecular weight excluding hydrogens is 268 g/mol. The molecule has 0 fully saturated rings. The Morgan fingerprint density at radius 2 is 1.85 bits per heavy atom. The normalized spacial score (nSPS) is 10.4. The van der Waals surface area contributed by atoms with E-state index in [0.717, 1.165) is 27.2 Å². The minimum atomic E-state index is 0.830. The summed E-state index contributed by atoms with van der Waals surface area (Å²) < 4.78 is 7.27. The molecule has 2 aromatic carbocycles. The lowest BCUT2D eigenvalue weighted by molar-refractivity contribution is 0.415. The second-order valence-electron chi connectivity index (χ2n) is 4.27. The molecule has 0 aliphatic carbocycles. The van der Waals surface area contributed by atoms with Gasteiger partial charge in [-0.1, -0.05) is 18.2 Å². The van der Waals surface area contributed by atoms with Crippen LogP contribution in [0.4, 0.5) is 0 Å². The summed E-state index contributed by atoms with van der Waals surface area (Å²) in [6.45, 7) is 0. The van der Waals surface area contributed by atoms with Gasteiger partial charge in [0.15, 0.2) is 0 Å². The SMILES string of the molecule is COc1ccc(-n2cc(SC#N)c3ccccc32)cc1. The van der Waals surface area contributed by atoms with Gasteiger partial charge in [0.1, 0.15) is 11.2 Å². The Morgan fingerprint density at radius 1 is 1.10 bits per heavy atom. The van der Waals surface area contributed by atoms with Gasteiger partial charge in [-0.3, -0.25) is 0 Å². The van der Waals surface area contributed by atoms with Crippen molar-refractivity contribution < 1.29 is 4.74 Å². The van der Waals surface area contributed by atoms with Crippen LogP contribution < -0.4 is 4.74 Å². The number of thioether (sulfide) groups is 1. The van der Waals surface area contributed by atoms with Crippen molar-refractivity contribution in [3.8, 4) is 16.8 Å². The number of fused-ring (bicyclic) bond motifs is 1. The average molecular weight is 280 g/mol. The lowest BCUT2D eigenvalue weighted by Gasteiger charge is -2.06. The Morgan fingerprint density at radius 3 is 2.55 bits per heavy atom. The molecule has 0 unspecified atom stereocenters. The Hall–Kier alpha value is -2.38. The summed E-state index contributed by atoms with van der Waals surface area (Å²) in [5.41, 5.74) is 2.14. The van der Waals surface area contributed by atoms with Crippen LogP contribution in [0.25, 0.3) is 16.6 Å². The molecule has 0 saturated carbocycles. The molecule has 3 aromatic rings. The van der Waals surface area contributed by atoms with Crippen molar-refractivity contribution >= 4 is 22.7 Å². The van der Waals surface area contributed by atoms with Crippen LogP contribution in [-0.2, 0) is 0 Å². The molecule has 0 bridgehead atoms. The molecule has 1 aromatic heterocycles. The van der Waals surface area contributed by atoms with Gasteiger partial charge in [0.05, 0.1) is 12.6 Å². The zero-order chi connectivity index (χ0) is 13.9. The van der Waals surface area contributed by atoms with E-state index in [4.69, 9.17) is 10.00 Å². The first-order valence-corrected chi connectivity index (χ1v) is 6.95. The van der Waals surface area contributed by atoms with E-state index in [2.05, 4.69) is 16.0 Å². The van der Waals surface area contributed by atoms with Crippen molar-refractivity contribution in [3.05, 3.63) is 54.7 Å². The van der Waals surface area contributed by atoms with Crippen molar-refractivity contribution in [1.29, 1.82) is 5.26 Å². The number of benzene rings is 2. The molecule has 0 N–H and O–H groups in total. The lowest BCUT2D eigenvalue weighted by atomic mass is 10.2. The minimum absolute atomic E-state index is 0.830. The maximum Gasteiger partial charge on any atom is 0.138 e. The molecule has 4 heteroatoms. The van der Waals surface area contributed by atoms with E-state index in [9.17, 15) is 0 Å². The number of hydrogen-bond acceptors (Lipinski definition) is 3. The molecule has 0 aliphatic rings. The molecule has 20 heavy (non-hydrogen) atoms. The van der Waals surface area contributed by atoms with Crippen LogP contribution in [0.3, 0.4) is 0 Å². The van der Waals surface area contributed by atoms with E-state index in [-0.39, 0.29) is 0 Å². The maximum atomic E-state index is 8.91. The first-order valence-electron chi connectivity index (χ1n) is 6.14. The molecule has 0 saturated heterocycles. The molecule has 0 aliphatic heterocycles. The number of ether oxygens (including phenoxy) is 1. The predicted octanol–water partition coefficient (Wildman–Crippen LogP) is 4.21. The van der Waals surface area contributed by atoms with E-state index >= 15 is 0 Å². The van der Waals surface area contributed by atoms with E-state index in [0.29, 0.717) is 0 Å². The number of methoxy groups -OCH3 is 1. The smallest absolute Gasteiger partial charge is 0.138 e. The number of aromatic nitrogens is 1. The number of thiocyanates is 1. The number of hydrogen-bond donors (Lipinski definition) is 0. The van der Waals surface area contributed by atoms with Gasteiger partial charge in [0.2, 0.25) is 0 Å². The molecule has 1 heterocycles. The molecule has 0 radical (unpaired) electrons. The fourth-order valence-corrected chi connectivity index (χ4v) is 2.77. The van der Waals surface area contributed by atoms with Crippen LogP contribution in [0.2, 0.25) is 0 Å².